The zero-order valence-corrected chi connectivity index (χ0v) is 13.8. The zero-order chi connectivity index (χ0) is 18.8. The first-order valence-electron chi connectivity index (χ1n) is 7.32. The minimum atomic E-state index is -1.85. The summed E-state index contributed by atoms with van der Waals surface area (Å²) in [6.45, 7) is -0.618. The van der Waals surface area contributed by atoms with Crippen molar-refractivity contribution in [3.05, 3.63) is 33.1 Å². The minimum Gasteiger partial charge on any atom is -0.480 e. The van der Waals surface area contributed by atoms with Gasteiger partial charge >= 0.3 is 11.7 Å². The molecule has 25 heavy (non-hydrogen) atoms. The van der Waals surface area contributed by atoms with Gasteiger partial charge in [-0.2, -0.15) is 0 Å². The van der Waals surface area contributed by atoms with Crippen LogP contribution in [-0.2, 0) is 14.6 Å². The van der Waals surface area contributed by atoms with Gasteiger partial charge in [0, 0.05) is 18.0 Å². The molecule has 1 fully saturated rings. The third-order valence-corrected chi connectivity index (χ3v) is 5.18. The first-order valence-corrected chi connectivity index (χ1v) is 8.31. The van der Waals surface area contributed by atoms with Crippen LogP contribution >= 0.6 is 11.8 Å². The number of nitrogens with one attached hydrogen (secondary N) is 1. The van der Waals surface area contributed by atoms with Crippen molar-refractivity contribution in [3.63, 3.8) is 0 Å². The molecule has 11 nitrogen and oxygen atoms in total. The number of ether oxygens (including phenoxy) is 1. The van der Waals surface area contributed by atoms with Crippen LogP contribution in [0.1, 0.15) is 6.42 Å². The van der Waals surface area contributed by atoms with Crippen molar-refractivity contribution in [2.75, 3.05) is 12.4 Å². The molecule has 0 aliphatic carbocycles. The normalized spacial score (nSPS) is 30.3. The highest BCUT2D eigenvalue weighted by molar-refractivity contribution is 7.99. The van der Waals surface area contributed by atoms with E-state index in [9.17, 15) is 29.7 Å². The number of aliphatic carboxylic acids is 1. The molecule has 0 bridgehead atoms. The van der Waals surface area contributed by atoms with Crippen LogP contribution in [0.2, 0.25) is 0 Å². The molecule has 0 spiro atoms. The lowest BCUT2D eigenvalue weighted by atomic mass is 10.1. The van der Waals surface area contributed by atoms with E-state index in [4.69, 9.17) is 15.6 Å². The molecule has 1 saturated heterocycles. The van der Waals surface area contributed by atoms with Crippen LogP contribution < -0.4 is 17.0 Å². The van der Waals surface area contributed by atoms with Crippen LogP contribution in [0, 0.1) is 0 Å². The molecule has 2 rings (SSSR count). The van der Waals surface area contributed by atoms with Gasteiger partial charge in [-0.1, -0.05) is 0 Å². The summed E-state index contributed by atoms with van der Waals surface area (Å²) >= 11 is 0.836. The number of carboxylic acids is 1. The molecule has 1 aliphatic rings. The highest BCUT2D eigenvalue weighted by Gasteiger charge is 2.56. The van der Waals surface area contributed by atoms with Crippen molar-refractivity contribution >= 4 is 17.7 Å². The third kappa shape index (κ3) is 3.78. The molecule has 0 saturated carbocycles. The van der Waals surface area contributed by atoms with Crippen molar-refractivity contribution in [2.24, 2.45) is 5.73 Å². The maximum Gasteiger partial charge on any atom is 0.331 e. The van der Waals surface area contributed by atoms with E-state index in [0.29, 0.717) is 0 Å². The van der Waals surface area contributed by atoms with E-state index in [-0.39, 0.29) is 12.2 Å². The Morgan fingerprint density at radius 3 is 2.68 bits per heavy atom. The molecule has 5 atom stereocenters. The largest absolute Gasteiger partial charge is 0.480 e. The molecule has 0 unspecified atom stereocenters. The summed E-state index contributed by atoms with van der Waals surface area (Å²) in [5, 5.41) is 36.7. The number of aromatic nitrogens is 2. The summed E-state index contributed by atoms with van der Waals surface area (Å²) in [5.74, 6) is -1.15. The van der Waals surface area contributed by atoms with E-state index >= 15 is 0 Å². The van der Waals surface area contributed by atoms with Gasteiger partial charge in [0.2, 0.25) is 5.06 Å². The Bertz CT molecular complexity index is 736. The summed E-state index contributed by atoms with van der Waals surface area (Å²) < 4.78 is 6.42. The van der Waals surface area contributed by atoms with Crippen molar-refractivity contribution in [1.82, 2.24) is 9.55 Å². The molecule has 0 aromatic carbocycles. The fourth-order valence-electron chi connectivity index (χ4n) is 2.43. The van der Waals surface area contributed by atoms with Gasteiger partial charge in [0.25, 0.3) is 5.56 Å². The van der Waals surface area contributed by atoms with Gasteiger partial charge < -0.3 is 30.9 Å². The summed E-state index contributed by atoms with van der Waals surface area (Å²) in [7, 11) is 0. The number of hydrogen-bond acceptors (Lipinski definition) is 9. The summed E-state index contributed by atoms with van der Waals surface area (Å²) in [5.41, 5.74) is 3.86. The average molecular weight is 377 g/mol. The van der Waals surface area contributed by atoms with Crippen LogP contribution in [0.5, 0.6) is 0 Å². The molecular formula is C13H19N3O8S. The van der Waals surface area contributed by atoms with E-state index in [1.165, 1.54) is 0 Å². The van der Waals surface area contributed by atoms with E-state index in [2.05, 4.69) is 0 Å². The van der Waals surface area contributed by atoms with Crippen LogP contribution in [-0.4, -0.2) is 72.7 Å². The second-order valence-electron chi connectivity index (χ2n) is 5.47. The molecule has 0 radical (unpaired) electrons. The van der Waals surface area contributed by atoms with Crippen LogP contribution in [0.25, 0.3) is 0 Å². The predicted molar refractivity (Wildman–Crippen MR) is 86.0 cm³/mol. The molecule has 2 heterocycles. The fraction of sp³-hybridized carbons (Fsp3) is 0.615. The Morgan fingerprint density at radius 2 is 2.16 bits per heavy atom. The topological polar surface area (TPSA) is 188 Å². The van der Waals surface area contributed by atoms with Crippen LogP contribution in [0.4, 0.5) is 0 Å². The molecule has 7 N–H and O–H groups in total. The quantitative estimate of drug-likeness (QED) is 0.282. The van der Waals surface area contributed by atoms with Crippen LogP contribution in [0.3, 0.4) is 0 Å². The van der Waals surface area contributed by atoms with E-state index in [1.807, 2.05) is 4.98 Å². The molecule has 1 aromatic rings. The monoisotopic (exact) mass is 377 g/mol. The lowest BCUT2D eigenvalue weighted by molar-refractivity contribution is -0.138. The summed E-state index contributed by atoms with van der Waals surface area (Å²) in [4.78, 5) is 36.2. The number of aromatic amines is 1. The first kappa shape index (κ1) is 19.6. The number of thioether (sulfide) groups is 1. The Labute approximate surface area is 145 Å². The number of rotatable bonds is 7. The Kier molecular flexibility index (Phi) is 6.03. The summed E-state index contributed by atoms with van der Waals surface area (Å²) in [6, 6.07) is -0.129. The van der Waals surface area contributed by atoms with Gasteiger partial charge in [-0.25, -0.2) is 4.79 Å². The third-order valence-electron chi connectivity index (χ3n) is 3.79. The highest BCUT2D eigenvalue weighted by atomic mass is 32.2. The fourth-order valence-corrected chi connectivity index (χ4v) is 3.88. The minimum absolute atomic E-state index is 0.00415. The van der Waals surface area contributed by atoms with Crippen molar-refractivity contribution < 1.29 is 30.0 Å². The highest BCUT2D eigenvalue weighted by Crippen LogP contribution is 2.43. The SMILES string of the molecule is N[C@@H](CCS[C@@]1(n2ccc(=O)[nH]c2=O)O[C@H](CO)[C@@H](O)[C@H]1O)C(=O)O. The van der Waals surface area contributed by atoms with Crippen LogP contribution in [0.15, 0.2) is 21.9 Å². The number of carboxylic acid groups (broad SMARTS) is 1. The molecule has 0 amide bonds. The number of nitrogens with two attached hydrogens (primary N) is 1. The standard InChI is InChI=1S/C13H19N3O8S/c14-6(11(21)22)2-4-25-13(10(20)9(19)7(5-17)24-13)16-3-1-8(18)15-12(16)23/h1,3,6-7,9-10,17,19-20H,2,4-5,14H2,(H,21,22)(H,15,18,23)/t6-,7+,9+,10+,13-/m0/s1. The van der Waals surface area contributed by atoms with Gasteiger partial charge in [-0.15, -0.1) is 11.8 Å². The lowest BCUT2D eigenvalue weighted by Crippen LogP contribution is -2.49. The number of carbonyl (C=O) groups is 1. The van der Waals surface area contributed by atoms with Gasteiger partial charge in [0.05, 0.1) is 6.61 Å². The summed E-state index contributed by atoms with van der Waals surface area (Å²) in [6.07, 6.45) is -3.21. The smallest absolute Gasteiger partial charge is 0.331 e. The molecule has 140 valence electrons. The van der Waals surface area contributed by atoms with Gasteiger partial charge in [0.15, 0.2) is 0 Å². The molecule has 1 aromatic heterocycles. The Morgan fingerprint density at radius 1 is 1.48 bits per heavy atom. The maximum atomic E-state index is 12.1. The number of nitrogens with zero attached hydrogens (tertiary/aromatic N) is 1. The van der Waals surface area contributed by atoms with Crippen molar-refractivity contribution in [1.29, 1.82) is 0 Å². The van der Waals surface area contributed by atoms with Gasteiger partial charge in [-0.05, 0) is 6.42 Å². The van der Waals surface area contributed by atoms with E-state index < -0.39 is 53.2 Å². The van der Waals surface area contributed by atoms with Crippen molar-refractivity contribution in [3.8, 4) is 0 Å². The molecule has 12 heteroatoms. The Balaban J connectivity index is 2.37. The predicted octanol–water partition coefficient (Wildman–Crippen LogP) is -3.20. The maximum absolute atomic E-state index is 12.1. The molecule has 1 aliphatic heterocycles. The van der Waals surface area contributed by atoms with Gasteiger partial charge in [0.1, 0.15) is 24.4 Å². The Hall–Kier alpha value is -1.70. The van der Waals surface area contributed by atoms with Gasteiger partial charge in [-0.3, -0.25) is 19.1 Å². The zero-order valence-electron chi connectivity index (χ0n) is 12.9. The average Bonchev–Trinajstić information content (AvgIpc) is 2.80. The number of hydrogen-bond donors (Lipinski definition) is 6. The van der Waals surface area contributed by atoms with E-state index in [0.717, 1.165) is 28.6 Å². The second-order valence-corrected chi connectivity index (χ2v) is 6.75. The number of aliphatic hydroxyl groups is 3. The second kappa shape index (κ2) is 7.68. The van der Waals surface area contributed by atoms with E-state index in [1.54, 1.807) is 0 Å². The molecular weight excluding hydrogens is 358 g/mol. The van der Waals surface area contributed by atoms with Crippen molar-refractivity contribution in [2.45, 2.75) is 35.8 Å². The number of aliphatic hydroxyl groups excluding tert-OH is 3. The first-order chi connectivity index (χ1) is 11.7. The number of H-pyrrole nitrogens is 1. The lowest BCUT2D eigenvalue weighted by Gasteiger charge is -2.33.